The minimum absolute atomic E-state index is 0.223. The zero-order valence-electron chi connectivity index (χ0n) is 17.8. The molecular formula is C24H26BrN3O3. The summed E-state index contributed by atoms with van der Waals surface area (Å²) in [6.45, 7) is 4.63. The van der Waals surface area contributed by atoms with Gasteiger partial charge in [-0.1, -0.05) is 60.0 Å². The number of benzene rings is 2. The molecule has 1 aromatic heterocycles. The van der Waals surface area contributed by atoms with Gasteiger partial charge in [0.25, 0.3) is 0 Å². The van der Waals surface area contributed by atoms with Crippen molar-refractivity contribution in [1.29, 1.82) is 0 Å². The summed E-state index contributed by atoms with van der Waals surface area (Å²) in [5, 5.41) is 0. The Kier molecular flexibility index (Phi) is 6.41. The number of rotatable bonds is 7. The van der Waals surface area contributed by atoms with Gasteiger partial charge in [0.05, 0.1) is 23.7 Å². The summed E-state index contributed by atoms with van der Waals surface area (Å²) in [7, 11) is 0. The summed E-state index contributed by atoms with van der Waals surface area (Å²) in [6.07, 6.45) is 2.89. The van der Waals surface area contributed by atoms with Crippen LogP contribution in [0.3, 0.4) is 0 Å². The van der Waals surface area contributed by atoms with Crippen LogP contribution in [0.25, 0.3) is 11.0 Å². The van der Waals surface area contributed by atoms with Gasteiger partial charge in [-0.05, 0) is 43.2 Å². The summed E-state index contributed by atoms with van der Waals surface area (Å²) in [5.41, 5.74) is 2.55. The van der Waals surface area contributed by atoms with Gasteiger partial charge in [-0.3, -0.25) is 14.5 Å². The van der Waals surface area contributed by atoms with Crippen molar-refractivity contribution in [3.05, 3.63) is 58.6 Å². The number of nitrogens with zero attached hydrogens (tertiary/aromatic N) is 3. The molecule has 2 aromatic carbocycles. The number of ether oxygens (including phenoxy) is 1. The smallest absolute Gasteiger partial charge is 0.321 e. The van der Waals surface area contributed by atoms with E-state index in [2.05, 4.69) is 22.9 Å². The Labute approximate surface area is 190 Å². The molecule has 2 atom stereocenters. The molecule has 0 unspecified atom stereocenters. The Bertz CT molecular complexity index is 1110. The molecule has 1 amide bonds. The van der Waals surface area contributed by atoms with Crippen LogP contribution in [0.15, 0.2) is 53.0 Å². The highest BCUT2D eigenvalue weighted by atomic mass is 79.9. The number of carbonyl (C=O) groups is 2. The molecule has 6 nitrogen and oxygen atoms in total. The number of aromatic nitrogens is 2. The van der Waals surface area contributed by atoms with Gasteiger partial charge in [0.1, 0.15) is 0 Å². The van der Waals surface area contributed by atoms with Crippen molar-refractivity contribution in [3.63, 3.8) is 0 Å². The average Bonchev–Trinajstić information content (AvgIpc) is 3.14. The third-order valence-electron chi connectivity index (χ3n) is 5.66. The summed E-state index contributed by atoms with van der Waals surface area (Å²) < 4.78 is 8.30. The molecule has 2 heterocycles. The normalized spacial score (nSPS) is 18.3. The Hall–Kier alpha value is -2.67. The summed E-state index contributed by atoms with van der Waals surface area (Å²) >= 11 is 3.53. The predicted octanol–water partition coefficient (Wildman–Crippen LogP) is 5.10. The number of anilines is 1. The molecule has 0 bridgehead atoms. The highest BCUT2D eigenvalue weighted by Gasteiger charge is 2.47. The van der Waals surface area contributed by atoms with E-state index in [1.54, 1.807) is 11.8 Å². The van der Waals surface area contributed by atoms with Crippen LogP contribution in [0.4, 0.5) is 5.95 Å². The molecule has 7 heteroatoms. The Morgan fingerprint density at radius 1 is 1.13 bits per heavy atom. The molecule has 0 radical (unpaired) electrons. The summed E-state index contributed by atoms with van der Waals surface area (Å²) in [4.78, 5) is 33.3. The Morgan fingerprint density at radius 3 is 2.68 bits per heavy atom. The first-order valence-electron chi connectivity index (χ1n) is 10.8. The van der Waals surface area contributed by atoms with Crippen molar-refractivity contribution in [3.8, 4) is 0 Å². The van der Waals surface area contributed by atoms with E-state index in [0.717, 1.165) is 40.3 Å². The fraction of sp³-hybridized carbons (Fsp3) is 0.375. The third-order valence-corrected chi connectivity index (χ3v) is 6.15. The number of imidazole rings is 1. The van der Waals surface area contributed by atoms with E-state index < -0.39 is 17.9 Å². The SMILES string of the molecule is CCCCCN1C(=O)[C@H](C(=O)OCC)[C@@H](c2cccc(Br)c2)n2c1nc1ccccc12. The second-order valence-corrected chi connectivity index (χ2v) is 8.61. The first-order chi connectivity index (χ1) is 15.1. The lowest BCUT2D eigenvalue weighted by Crippen LogP contribution is -2.50. The first-order valence-corrected chi connectivity index (χ1v) is 11.6. The highest BCUT2D eigenvalue weighted by molar-refractivity contribution is 9.10. The minimum Gasteiger partial charge on any atom is -0.465 e. The molecule has 162 valence electrons. The summed E-state index contributed by atoms with van der Waals surface area (Å²) in [5.74, 6) is -1.13. The number of fused-ring (bicyclic) bond motifs is 3. The van der Waals surface area contributed by atoms with Gasteiger partial charge in [0.15, 0.2) is 5.92 Å². The van der Waals surface area contributed by atoms with E-state index in [0.29, 0.717) is 12.5 Å². The number of amides is 1. The molecule has 4 rings (SSSR count). The molecule has 3 aromatic rings. The fourth-order valence-corrected chi connectivity index (χ4v) is 4.69. The van der Waals surface area contributed by atoms with Crippen LogP contribution in [0.1, 0.15) is 44.7 Å². The lowest BCUT2D eigenvalue weighted by atomic mass is 9.89. The van der Waals surface area contributed by atoms with Crippen LogP contribution in [0, 0.1) is 5.92 Å². The van der Waals surface area contributed by atoms with Crippen molar-refractivity contribution in [2.75, 3.05) is 18.1 Å². The van der Waals surface area contributed by atoms with E-state index in [1.165, 1.54) is 0 Å². The lowest BCUT2D eigenvalue weighted by molar-refractivity contribution is -0.153. The van der Waals surface area contributed by atoms with Crippen molar-refractivity contribution < 1.29 is 14.3 Å². The largest absolute Gasteiger partial charge is 0.465 e. The van der Waals surface area contributed by atoms with Gasteiger partial charge in [0.2, 0.25) is 11.9 Å². The zero-order valence-corrected chi connectivity index (χ0v) is 19.3. The van der Waals surface area contributed by atoms with Crippen LogP contribution in [-0.4, -0.2) is 34.6 Å². The highest BCUT2D eigenvalue weighted by Crippen LogP contribution is 2.41. The van der Waals surface area contributed by atoms with Gasteiger partial charge in [-0.25, -0.2) is 4.98 Å². The maximum Gasteiger partial charge on any atom is 0.321 e. The molecule has 0 saturated carbocycles. The second kappa shape index (κ2) is 9.22. The van der Waals surface area contributed by atoms with Crippen LogP contribution in [-0.2, 0) is 14.3 Å². The number of unbranched alkanes of at least 4 members (excludes halogenated alkanes) is 2. The quantitative estimate of drug-likeness (QED) is 0.266. The lowest BCUT2D eigenvalue weighted by Gasteiger charge is -2.38. The second-order valence-electron chi connectivity index (χ2n) is 7.70. The molecular weight excluding hydrogens is 458 g/mol. The number of esters is 1. The fourth-order valence-electron chi connectivity index (χ4n) is 4.27. The molecule has 0 aliphatic carbocycles. The summed E-state index contributed by atoms with van der Waals surface area (Å²) in [6, 6.07) is 15.0. The van der Waals surface area contributed by atoms with Crippen molar-refractivity contribution in [1.82, 2.24) is 9.55 Å². The standard InChI is InChI=1S/C24H26BrN3O3/c1-3-5-8-14-27-22(29)20(23(30)31-4-2)21(16-10-9-11-17(25)15-16)28-19-13-7-6-12-18(19)26-24(27)28/h6-7,9-13,15,20-21H,3-5,8,14H2,1-2H3/t20-,21-/m1/s1. The molecule has 0 fully saturated rings. The molecule has 1 aliphatic heterocycles. The average molecular weight is 484 g/mol. The molecule has 31 heavy (non-hydrogen) atoms. The van der Waals surface area contributed by atoms with Crippen molar-refractivity contribution >= 4 is 44.8 Å². The van der Waals surface area contributed by atoms with Crippen LogP contribution >= 0.6 is 15.9 Å². The number of hydrogen-bond donors (Lipinski definition) is 0. The van der Waals surface area contributed by atoms with Gasteiger partial charge in [0, 0.05) is 11.0 Å². The number of halogens is 1. The van der Waals surface area contributed by atoms with Gasteiger partial charge >= 0.3 is 5.97 Å². The monoisotopic (exact) mass is 483 g/mol. The van der Waals surface area contributed by atoms with Crippen molar-refractivity contribution in [2.45, 2.75) is 39.2 Å². The Balaban J connectivity index is 1.94. The molecule has 0 saturated heterocycles. The van der Waals surface area contributed by atoms with Crippen molar-refractivity contribution in [2.24, 2.45) is 5.92 Å². The van der Waals surface area contributed by atoms with Crippen LogP contribution in [0.5, 0.6) is 0 Å². The molecule has 0 N–H and O–H groups in total. The van der Waals surface area contributed by atoms with E-state index in [4.69, 9.17) is 9.72 Å². The number of hydrogen-bond acceptors (Lipinski definition) is 4. The first kappa shape index (κ1) is 21.6. The van der Waals surface area contributed by atoms with Crippen LogP contribution in [0.2, 0.25) is 0 Å². The number of carbonyl (C=O) groups excluding carboxylic acids is 2. The molecule has 0 spiro atoms. The topological polar surface area (TPSA) is 64.4 Å². The number of para-hydroxylation sites is 2. The molecule has 1 aliphatic rings. The van der Waals surface area contributed by atoms with E-state index >= 15 is 0 Å². The van der Waals surface area contributed by atoms with E-state index in [-0.39, 0.29) is 12.5 Å². The Morgan fingerprint density at radius 2 is 1.94 bits per heavy atom. The van der Waals surface area contributed by atoms with Gasteiger partial charge in [-0.2, -0.15) is 0 Å². The van der Waals surface area contributed by atoms with E-state index in [9.17, 15) is 9.59 Å². The van der Waals surface area contributed by atoms with Gasteiger partial charge < -0.3 is 9.30 Å². The van der Waals surface area contributed by atoms with Crippen LogP contribution < -0.4 is 4.90 Å². The zero-order chi connectivity index (χ0) is 22.0. The minimum atomic E-state index is -0.971. The van der Waals surface area contributed by atoms with Gasteiger partial charge in [-0.15, -0.1) is 0 Å². The maximum absolute atomic E-state index is 13.7. The predicted molar refractivity (Wildman–Crippen MR) is 124 cm³/mol. The van der Waals surface area contributed by atoms with E-state index in [1.807, 2.05) is 53.1 Å². The third kappa shape index (κ3) is 3.99. The maximum atomic E-state index is 13.7.